The molecule has 19 heavy (non-hydrogen) atoms. The summed E-state index contributed by atoms with van der Waals surface area (Å²) in [4.78, 5) is 21.5. The fraction of sp³-hybridized carbons (Fsp3) is 0.688. The van der Waals surface area contributed by atoms with E-state index in [1.807, 2.05) is 13.8 Å². The second kappa shape index (κ2) is 6.78. The quantitative estimate of drug-likeness (QED) is 0.713. The minimum absolute atomic E-state index is 0.104. The molecule has 0 aromatic carbocycles. The summed E-state index contributed by atoms with van der Waals surface area (Å²) in [6.07, 6.45) is 2.47. The zero-order valence-corrected chi connectivity index (χ0v) is 13.1. The third-order valence-electron chi connectivity index (χ3n) is 3.88. The molecule has 0 saturated heterocycles. The molecule has 1 aromatic heterocycles. The number of aryl methyl sites for hydroxylation is 1. The average molecular weight is 262 g/mol. The molecule has 3 nitrogen and oxygen atoms in total. The van der Waals surface area contributed by atoms with Gasteiger partial charge in [-0.1, -0.05) is 34.6 Å². The highest BCUT2D eigenvalue weighted by atomic mass is 16.1. The van der Waals surface area contributed by atoms with Gasteiger partial charge in [0.2, 0.25) is 0 Å². The average Bonchev–Trinajstić information content (AvgIpc) is 2.44. The Morgan fingerprint density at radius 1 is 1.00 bits per heavy atom. The lowest BCUT2D eigenvalue weighted by Gasteiger charge is -2.18. The van der Waals surface area contributed by atoms with Crippen LogP contribution in [0.3, 0.4) is 0 Å². The van der Waals surface area contributed by atoms with E-state index in [-0.39, 0.29) is 11.7 Å². The maximum absolute atomic E-state index is 12.1. The van der Waals surface area contributed by atoms with E-state index < -0.39 is 0 Å². The lowest BCUT2D eigenvalue weighted by Crippen LogP contribution is -2.15. The largest absolute Gasteiger partial charge is 0.292 e. The highest BCUT2D eigenvalue weighted by Crippen LogP contribution is 2.26. The van der Waals surface area contributed by atoms with Crippen LogP contribution in [0.4, 0.5) is 0 Å². The van der Waals surface area contributed by atoms with Gasteiger partial charge in [0.25, 0.3) is 0 Å². The Kier molecular flexibility index (Phi) is 5.64. The second-order valence-corrected chi connectivity index (χ2v) is 5.32. The number of carbonyl (C=O) groups excluding carboxylic acids is 1. The van der Waals surface area contributed by atoms with E-state index in [1.54, 1.807) is 0 Å². The maximum atomic E-state index is 12.1. The molecule has 0 N–H and O–H groups in total. The lowest BCUT2D eigenvalue weighted by molar-refractivity contribution is 0.0981. The number of hydrogen-bond donors (Lipinski definition) is 0. The lowest BCUT2D eigenvalue weighted by atomic mass is 9.97. The van der Waals surface area contributed by atoms with Gasteiger partial charge < -0.3 is 0 Å². The van der Waals surface area contributed by atoms with Crippen LogP contribution >= 0.6 is 0 Å². The topological polar surface area (TPSA) is 42.9 Å². The monoisotopic (exact) mass is 262 g/mol. The molecule has 0 amide bonds. The van der Waals surface area contributed by atoms with Crippen molar-refractivity contribution in [3.63, 3.8) is 0 Å². The molecule has 0 aliphatic rings. The summed E-state index contributed by atoms with van der Waals surface area (Å²) >= 11 is 0. The first-order valence-electron chi connectivity index (χ1n) is 7.37. The summed E-state index contributed by atoms with van der Waals surface area (Å²) in [5.74, 6) is 0.733. The van der Waals surface area contributed by atoms with Crippen LogP contribution in [0.2, 0.25) is 0 Å². The number of carbonyl (C=O) groups is 1. The van der Waals surface area contributed by atoms with Crippen LogP contribution in [0.5, 0.6) is 0 Å². The fourth-order valence-corrected chi connectivity index (χ4v) is 2.12. The molecule has 0 bridgehead atoms. The molecule has 2 unspecified atom stereocenters. The highest BCUT2D eigenvalue weighted by molar-refractivity contribution is 5.95. The summed E-state index contributed by atoms with van der Waals surface area (Å²) in [5.41, 5.74) is 3.42. The van der Waals surface area contributed by atoms with E-state index in [0.717, 1.165) is 29.9 Å². The van der Waals surface area contributed by atoms with Crippen LogP contribution in [0, 0.1) is 6.92 Å². The molecule has 3 heteroatoms. The van der Waals surface area contributed by atoms with E-state index in [1.165, 1.54) is 0 Å². The zero-order chi connectivity index (χ0) is 14.6. The molecule has 0 fully saturated rings. The molecule has 0 saturated carbocycles. The Morgan fingerprint density at radius 3 is 2.00 bits per heavy atom. The van der Waals surface area contributed by atoms with Crippen LogP contribution in [0.15, 0.2) is 0 Å². The van der Waals surface area contributed by atoms with Crippen molar-refractivity contribution in [3.8, 4) is 0 Å². The van der Waals surface area contributed by atoms with Crippen molar-refractivity contribution in [1.29, 1.82) is 0 Å². The Bertz CT molecular complexity index is 454. The summed E-state index contributed by atoms with van der Waals surface area (Å²) in [6.45, 7) is 12.4. The van der Waals surface area contributed by atoms with Gasteiger partial charge in [0.15, 0.2) is 5.78 Å². The maximum Gasteiger partial charge on any atom is 0.182 e. The molecule has 106 valence electrons. The van der Waals surface area contributed by atoms with Crippen molar-refractivity contribution in [1.82, 2.24) is 9.97 Å². The van der Waals surface area contributed by atoms with Gasteiger partial charge in [0, 0.05) is 12.3 Å². The molecule has 1 rings (SSSR count). The highest BCUT2D eigenvalue weighted by Gasteiger charge is 2.21. The van der Waals surface area contributed by atoms with Crippen LogP contribution in [-0.2, 0) is 0 Å². The predicted molar refractivity (Wildman–Crippen MR) is 78.8 cm³/mol. The van der Waals surface area contributed by atoms with Gasteiger partial charge in [-0.3, -0.25) is 9.78 Å². The van der Waals surface area contributed by atoms with E-state index in [2.05, 4.69) is 32.7 Å². The van der Waals surface area contributed by atoms with Crippen LogP contribution in [-0.4, -0.2) is 15.8 Å². The normalized spacial score (nSPS) is 14.2. The molecule has 0 aliphatic heterocycles. The van der Waals surface area contributed by atoms with Gasteiger partial charge in [-0.2, -0.15) is 0 Å². The number of aromatic nitrogens is 2. The van der Waals surface area contributed by atoms with Crippen molar-refractivity contribution < 1.29 is 4.79 Å². The molecule has 1 heterocycles. The van der Waals surface area contributed by atoms with Gasteiger partial charge in [-0.25, -0.2) is 4.98 Å². The third-order valence-corrected chi connectivity index (χ3v) is 3.88. The fourth-order valence-electron chi connectivity index (χ4n) is 2.12. The summed E-state index contributed by atoms with van der Waals surface area (Å²) < 4.78 is 0. The van der Waals surface area contributed by atoms with Crippen LogP contribution in [0.25, 0.3) is 0 Å². The molecular formula is C16H26N2O. The Hall–Kier alpha value is -1.25. The minimum atomic E-state index is 0.104. The molecule has 0 spiro atoms. The van der Waals surface area contributed by atoms with E-state index >= 15 is 0 Å². The van der Waals surface area contributed by atoms with Gasteiger partial charge in [-0.05, 0) is 25.7 Å². The number of nitrogens with zero attached hydrogens (tertiary/aromatic N) is 2. The van der Waals surface area contributed by atoms with Crippen LogP contribution in [0.1, 0.15) is 93.3 Å². The van der Waals surface area contributed by atoms with E-state index in [4.69, 9.17) is 4.98 Å². The summed E-state index contributed by atoms with van der Waals surface area (Å²) in [7, 11) is 0. The Morgan fingerprint density at radius 2 is 1.53 bits per heavy atom. The first-order chi connectivity index (χ1) is 8.96. The predicted octanol–water partition coefficient (Wildman–Crippen LogP) is 4.40. The Labute approximate surface area is 116 Å². The number of rotatable bonds is 6. The van der Waals surface area contributed by atoms with Crippen molar-refractivity contribution in [2.24, 2.45) is 0 Å². The first-order valence-corrected chi connectivity index (χ1v) is 7.37. The van der Waals surface area contributed by atoms with Crippen molar-refractivity contribution >= 4 is 5.78 Å². The standard InChI is InChI=1S/C16H26N2O/c1-7-10(4)14-12(6)17-15(11(5)8-2)16(18-14)13(19)9-3/h10-11H,7-9H2,1-6H3. The SMILES string of the molecule is CCC(=O)c1nc(C(C)CC)c(C)nc1C(C)CC. The molecule has 1 aromatic rings. The van der Waals surface area contributed by atoms with Crippen molar-refractivity contribution in [3.05, 3.63) is 22.8 Å². The minimum Gasteiger partial charge on any atom is -0.292 e. The number of ketones is 1. The van der Waals surface area contributed by atoms with Crippen molar-refractivity contribution in [2.45, 2.75) is 72.6 Å². The molecule has 0 radical (unpaired) electrons. The number of Topliss-reactive ketones (excluding diaryl/α,β-unsaturated/α-hetero) is 1. The number of hydrogen-bond acceptors (Lipinski definition) is 3. The third kappa shape index (κ3) is 3.40. The zero-order valence-electron chi connectivity index (χ0n) is 13.1. The van der Waals surface area contributed by atoms with Crippen LogP contribution < -0.4 is 0 Å². The second-order valence-electron chi connectivity index (χ2n) is 5.32. The molecule has 2 atom stereocenters. The van der Waals surface area contributed by atoms with Crippen molar-refractivity contribution in [2.75, 3.05) is 0 Å². The summed E-state index contributed by atoms with van der Waals surface area (Å²) in [6, 6.07) is 0. The van der Waals surface area contributed by atoms with Gasteiger partial charge >= 0.3 is 0 Å². The molecule has 0 aliphatic carbocycles. The first kappa shape index (κ1) is 15.8. The van der Waals surface area contributed by atoms with E-state index in [9.17, 15) is 4.79 Å². The molecular weight excluding hydrogens is 236 g/mol. The van der Waals surface area contributed by atoms with Gasteiger partial charge in [0.05, 0.1) is 17.1 Å². The van der Waals surface area contributed by atoms with Gasteiger partial charge in [-0.15, -0.1) is 0 Å². The smallest absolute Gasteiger partial charge is 0.182 e. The Balaban J connectivity index is 3.40. The van der Waals surface area contributed by atoms with E-state index in [0.29, 0.717) is 18.0 Å². The van der Waals surface area contributed by atoms with Gasteiger partial charge in [0.1, 0.15) is 5.69 Å². The summed E-state index contributed by atoms with van der Waals surface area (Å²) in [5, 5.41) is 0.